The highest BCUT2D eigenvalue weighted by Gasteiger charge is 2.37. The maximum atomic E-state index is 10.2. The second-order valence-electron chi connectivity index (χ2n) is 7.49. The lowest BCUT2D eigenvalue weighted by molar-refractivity contribution is -0.107. The van der Waals surface area contributed by atoms with E-state index in [1.54, 1.807) is 0 Å². The van der Waals surface area contributed by atoms with Crippen molar-refractivity contribution in [3.05, 3.63) is 0 Å². The maximum Gasteiger partial charge on any atom is 0.108 e. The van der Waals surface area contributed by atoms with Crippen molar-refractivity contribution in [2.45, 2.75) is 102 Å². The Morgan fingerprint density at radius 2 is 1.54 bits per heavy atom. The average molecular weight is 376 g/mol. The Bertz CT molecular complexity index is 331. The molecule has 1 unspecified atom stereocenters. The van der Waals surface area contributed by atoms with Gasteiger partial charge in [-0.2, -0.15) is 0 Å². The molecule has 0 aromatic carbocycles. The van der Waals surface area contributed by atoms with Gasteiger partial charge in [0.2, 0.25) is 0 Å². The number of hydrogen-bond acceptors (Lipinski definition) is 6. The van der Waals surface area contributed by atoms with Crippen LogP contribution < -0.4 is 5.32 Å². The minimum Gasteiger partial charge on any atom is -0.389 e. The summed E-state index contributed by atoms with van der Waals surface area (Å²) in [6, 6.07) is -0.294. The third kappa shape index (κ3) is 9.62. The van der Waals surface area contributed by atoms with E-state index in [0.717, 1.165) is 25.9 Å². The lowest BCUT2D eigenvalue weighted by atomic mass is 9.92. The van der Waals surface area contributed by atoms with Crippen LogP contribution in [0.15, 0.2) is 0 Å². The van der Waals surface area contributed by atoms with Crippen LogP contribution in [-0.2, 0) is 9.47 Å². The first kappa shape index (κ1) is 23.8. The van der Waals surface area contributed by atoms with Crippen molar-refractivity contribution in [2.24, 2.45) is 0 Å². The topological polar surface area (TPSA) is 91.2 Å². The number of β-amino-alcohol motifs (C(OH)–C–C–N with tert-alkyl or cyclic N) is 1. The molecule has 0 aromatic rings. The third-order valence-corrected chi connectivity index (χ3v) is 5.06. The van der Waals surface area contributed by atoms with Crippen LogP contribution >= 0.6 is 0 Å². The van der Waals surface area contributed by atoms with Gasteiger partial charge in [-0.05, 0) is 19.3 Å². The molecule has 0 bridgehead atoms. The second kappa shape index (κ2) is 14.8. The van der Waals surface area contributed by atoms with E-state index in [9.17, 15) is 15.3 Å². The molecule has 1 heterocycles. The average Bonchev–Trinajstić information content (AvgIpc) is 2.64. The lowest BCUT2D eigenvalue weighted by Gasteiger charge is -2.37. The first-order valence-corrected chi connectivity index (χ1v) is 10.6. The number of nitrogens with one attached hydrogen (secondary N) is 1. The molecule has 0 aromatic heterocycles. The van der Waals surface area contributed by atoms with Crippen molar-refractivity contribution in [2.75, 3.05) is 26.4 Å². The normalized spacial score (nSPS) is 27.6. The second-order valence-corrected chi connectivity index (χ2v) is 7.49. The summed E-state index contributed by atoms with van der Waals surface area (Å²) in [5.41, 5.74) is 0. The van der Waals surface area contributed by atoms with Crippen molar-refractivity contribution in [1.29, 1.82) is 0 Å². The molecular weight excluding hydrogens is 334 g/mol. The van der Waals surface area contributed by atoms with Gasteiger partial charge in [-0.25, -0.2) is 0 Å². The summed E-state index contributed by atoms with van der Waals surface area (Å²) in [6.07, 6.45) is 6.72. The molecule has 1 aliphatic heterocycles. The van der Waals surface area contributed by atoms with Gasteiger partial charge in [0.05, 0.1) is 24.9 Å². The summed E-state index contributed by atoms with van der Waals surface area (Å²) in [7, 11) is 0. The van der Waals surface area contributed by atoms with Crippen LogP contribution in [0.5, 0.6) is 0 Å². The van der Waals surface area contributed by atoms with Gasteiger partial charge in [0.25, 0.3) is 0 Å². The van der Waals surface area contributed by atoms with Gasteiger partial charge in [0.15, 0.2) is 0 Å². The molecule has 0 amide bonds. The Labute approximate surface area is 159 Å². The fourth-order valence-corrected chi connectivity index (χ4v) is 3.29. The first-order valence-electron chi connectivity index (χ1n) is 10.6. The molecule has 6 heteroatoms. The lowest BCUT2D eigenvalue weighted by Crippen LogP contribution is -2.60. The van der Waals surface area contributed by atoms with E-state index in [1.165, 1.54) is 32.1 Å². The molecule has 0 saturated carbocycles. The van der Waals surface area contributed by atoms with E-state index in [2.05, 4.69) is 19.2 Å². The number of piperidine rings is 1. The molecule has 0 radical (unpaired) electrons. The standard InChI is InChI=1S/C20H41NO5/c1-3-5-7-9-11-25-15-16(26-12-10-8-6-4-2)13-17-19(23)20(24)18(22)14-21-17/h16-24H,3-15H2,1-2H3/t16?,17-,18-,19+,20+/m1/s1. The van der Waals surface area contributed by atoms with Crippen LogP contribution in [0.1, 0.15) is 71.6 Å². The van der Waals surface area contributed by atoms with Crippen molar-refractivity contribution in [3.8, 4) is 0 Å². The number of aliphatic hydroxyl groups is 3. The van der Waals surface area contributed by atoms with Gasteiger partial charge >= 0.3 is 0 Å². The quantitative estimate of drug-likeness (QED) is 0.327. The molecule has 1 saturated heterocycles. The van der Waals surface area contributed by atoms with Crippen molar-refractivity contribution >= 4 is 0 Å². The monoisotopic (exact) mass is 375 g/mol. The molecule has 4 N–H and O–H groups in total. The Hall–Kier alpha value is -0.240. The van der Waals surface area contributed by atoms with Crippen LogP contribution in [0.4, 0.5) is 0 Å². The fourth-order valence-electron chi connectivity index (χ4n) is 3.29. The minimum absolute atomic E-state index is 0.114. The zero-order valence-electron chi connectivity index (χ0n) is 16.7. The molecule has 1 fully saturated rings. The Kier molecular flexibility index (Phi) is 13.5. The number of aliphatic hydroxyl groups excluding tert-OH is 3. The van der Waals surface area contributed by atoms with E-state index < -0.39 is 18.3 Å². The summed E-state index contributed by atoms with van der Waals surface area (Å²) in [5.74, 6) is 0. The Morgan fingerprint density at radius 1 is 0.885 bits per heavy atom. The molecule has 0 spiro atoms. The number of unbranched alkanes of at least 4 members (excludes halogenated alkanes) is 6. The molecule has 0 aliphatic carbocycles. The largest absolute Gasteiger partial charge is 0.389 e. The highest BCUT2D eigenvalue weighted by atomic mass is 16.5. The van der Waals surface area contributed by atoms with Gasteiger partial charge in [0, 0.05) is 25.8 Å². The molecule has 156 valence electrons. The highest BCUT2D eigenvalue weighted by molar-refractivity contribution is 4.93. The summed E-state index contributed by atoms with van der Waals surface area (Å²) < 4.78 is 11.8. The predicted octanol–water partition coefficient (Wildman–Crippen LogP) is 1.99. The van der Waals surface area contributed by atoms with E-state index in [-0.39, 0.29) is 18.7 Å². The van der Waals surface area contributed by atoms with E-state index in [4.69, 9.17) is 9.47 Å². The third-order valence-electron chi connectivity index (χ3n) is 5.06. The highest BCUT2D eigenvalue weighted by Crippen LogP contribution is 2.17. The molecule has 5 atom stereocenters. The van der Waals surface area contributed by atoms with Gasteiger partial charge in [-0.1, -0.05) is 52.4 Å². The van der Waals surface area contributed by atoms with Crippen molar-refractivity contribution < 1.29 is 24.8 Å². The van der Waals surface area contributed by atoms with Gasteiger partial charge in [-0.15, -0.1) is 0 Å². The van der Waals surface area contributed by atoms with E-state index in [0.29, 0.717) is 19.6 Å². The molecule has 6 nitrogen and oxygen atoms in total. The van der Waals surface area contributed by atoms with E-state index >= 15 is 0 Å². The van der Waals surface area contributed by atoms with Crippen molar-refractivity contribution in [1.82, 2.24) is 5.32 Å². The van der Waals surface area contributed by atoms with Gasteiger partial charge in [-0.3, -0.25) is 0 Å². The number of hydrogen-bond donors (Lipinski definition) is 4. The van der Waals surface area contributed by atoms with Gasteiger partial charge < -0.3 is 30.1 Å². The van der Waals surface area contributed by atoms with Gasteiger partial charge in [0.1, 0.15) is 6.10 Å². The maximum absolute atomic E-state index is 10.2. The zero-order valence-corrected chi connectivity index (χ0v) is 16.7. The van der Waals surface area contributed by atoms with Crippen LogP contribution in [0, 0.1) is 0 Å². The van der Waals surface area contributed by atoms with Crippen LogP contribution in [0.25, 0.3) is 0 Å². The summed E-state index contributed by atoms with van der Waals surface area (Å²) in [6.45, 7) is 6.59. The molecule has 1 aliphatic rings. The molecule has 26 heavy (non-hydrogen) atoms. The smallest absolute Gasteiger partial charge is 0.108 e. The first-order chi connectivity index (χ1) is 12.6. The van der Waals surface area contributed by atoms with Crippen LogP contribution in [-0.4, -0.2) is 72.1 Å². The van der Waals surface area contributed by atoms with E-state index in [1.807, 2.05) is 0 Å². The summed E-state index contributed by atoms with van der Waals surface area (Å²) in [4.78, 5) is 0. The Morgan fingerprint density at radius 3 is 2.19 bits per heavy atom. The summed E-state index contributed by atoms with van der Waals surface area (Å²) in [5, 5.41) is 32.8. The predicted molar refractivity (Wildman–Crippen MR) is 103 cm³/mol. The Balaban J connectivity index is 2.37. The van der Waals surface area contributed by atoms with Crippen LogP contribution in [0.3, 0.4) is 0 Å². The number of rotatable bonds is 15. The number of ether oxygens (including phenoxy) is 2. The van der Waals surface area contributed by atoms with Crippen LogP contribution in [0.2, 0.25) is 0 Å². The molecule has 1 rings (SSSR count). The fraction of sp³-hybridized carbons (Fsp3) is 1.00. The SMILES string of the molecule is CCCCCCOCC(C[C@H]1NC[C@@H](O)[C@H](O)[C@H]1O)OCCCCCC. The summed E-state index contributed by atoms with van der Waals surface area (Å²) >= 11 is 0. The zero-order chi connectivity index (χ0) is 19.2. The molecular formula is C20H41NO5. The minimum atomic E-state index is -1.11. The van der Waals surface area contributed by atoms with Crippen molar-refractivity contribution in [3.63, 3.8) is 0 Å².